The first-order chi connectivity index (χ1) is 10.9. The average Bonchev–Trinajstić information content (AvgIpc) is 2.50. The smallest absolute Gasteiger partial charge is 0.317 e. The number of rotatable bonds is 5. The van der Waals surface area contributed by atoms with Crippen molar-refractivity contribution in [3.8, 4) is 5.75 Å². The summed E-state index contributed by atoms with van der Waals surface area (Å²) in [5, 5.41) is 2.62. The molecule has 0 fully saturated rings. The molecule has 1 heterocycles. The summed E-state index contributed by atoms with van der Waals surface area (Å²) in [5.74, 6) is 0.207. The van der Waals surface area contributed by atoms with Crippen LogP contribution in [0.2, 0.25) is 0 Å². The zero-order chi connectivity index (χ0) is 16.8. The van der Waals surface area contributed by atoms with E-state index in [-0.39, 0.29) is 30.6 Å². The van der Waals surface area contributed by atoms with Crippen molar-refractivity contribution < 1.29 is 13.9 Å². The van der Waals surface area contributed by atoms with Gasteiger partial charge in [0.25, 0.3) is 5.56 Å². The molecule has 0 radical (unpaired) electrons. The third kappa shape index (κ3) is 5.10. The highest BCUT2D eigenvalue weighted by molar-refractivity contribution is 5.73. The van der Waals surface area contributed by atoms with E-state index in [4.69, 9.17) is 4.74 Å². The van der Waals surface area contributed by atoms with E-state index in [9.17, 15) is 14.0 Å². The van der Waals surface area contributed by atoms with Gasteiger partial charge >= 0.3 is 6.03 Å². The summed E-state index contributed by atoms with van der Waals surface area (Å²) in [5.41, 5.74) is 0.0498. The Morgan fingerprint density at radius 2 is 2.17 bits per heavy atom. The second-order valence-electron chi connectivity index (χ2n) is 4.98. The monoisotopic (exact) mass is 320 g/mol. The Labute approximate surface area is 132 Å². The van der Waals surface area contributed by atoms with Crippen molar-refractivity contribution in [3.05, 3.63) is 58.0 Å². The number of hydrogen-bond acceptors (Lipinski definition) is 4. The van der Waals surface area contributed by atoms with Gasteiger partial charge < -0.3 is 19.9 Å². The minimum Gasteiger partial charge on any atom is -0.486 e. The Morgan fingerprint density at radius 3 is 2.87 bits per heavy atom. The number of ether oxygens (including phenoxy) is 1. The largest absolute Gasteiger partial charge is 0.486 e. The molecule has 0 bridgehead atoms. The summed E-state index contributed by atoms with van der Waals surface area (Å²) in [6.45, 7) is 0.0993. The molecule has 0 unspecified atom stereocenters. The predicted octanol–water partition coefficient (Wildman–Crippen LogP) is 1.26. The van der Waals surface area contributed by atoms with Gasteiger partial charge in [-0.1, -0.05) is 6.07 Å². The van der Waals surface area contributed by atoms with E-state index >= 15 is 0 Å². The summed E-state index contributed by atoms with van der Waals surface area (Å²) in [6, 6.07) is 6.67. The topological polar surface area (TPSA) is 87.3 Å². The first-order valence-corrected chi connectivity index (χ1v) is 6.86. The molecule has 122 valence electrons. The molecule has 1 aromatic heterocycles. The molecule has 0 saturated heterocycles. The Morgan fingerprint density at radius 1 is 1.39 bits per heavy atom. The molecule has 0 saturated carbocycles. The van der Waals surface area contributed by atoms with Gasteiger partial charge in [0.15, 0.2) is 0 Å². The summed E-state index contributed by atoms with van der Waals surface area (Å²) < 4.78 is 18.4. The van der Waals surface area contributed by atoms with Crippen molar-refractivity contribution in [2.24, 2.45) is 0 Å². The maximum Gasteiger partial charge on any atom is 0.317 e. The van der Waals surface area contributed by atoms with Crippen LogP contribution < -0.4 is 15.6 Å². The summed E-state index contributed by atoms with van der Waals surface area (Å²) in [6.07, 6.45) is 0. The maximum atomic E-state index is 13.1. The van der Waals surface area contributed by atoms with E-state index in [1.165, 1.54) is 29.2 Å². The van der Waals surface area contributed by atoms with E-state index in [2.05, 4.69) is 15.3 Å². The third-order valence-corrected chi connectivity index (χ3v) is 2.84. The van der Waals surface area contributed by atoms with E-state index in [1.807, 2.05) is 0 Å². The summed E-state index contributed by atoms with van der Waals surface area (Å²) >= 11 is 0. The molecule has 2 amide bonds. The molecule has 8 heteroatoms. The van der Waals surface area contributed by atoms with Gasteiger partial charge in [0.1, 0.15) is 24.0 Å². The quantitative estimate of drug-likeness (QED) is 0.868. The normalized spacial score (nSPS) is 10.2. The van der Waals surface area contributed by atoms with Crippen LogP contribution in [0.5, 0.6) is 5.75 Å². The second-order valence-corrected chi connectivity index (χ2v) is 4.98. The highest BCUT2D eigenvalue weighted by Crippen LogP contribution is 2.12. The van der Waals surface area contributed by atoms with E-state index in [0.717, 1.165) is 0 Å². The van der Waals surface area contributed by atoms with Gasteiger partial charge in [0.2, 0.25) is 0 Å². The van der Waals surface area contributed by atoms with Crippen LogP contribution in [0.25, 0.3) is 0 Å². The number of carbonyl (C=O) groups is 1. The van der Waals surface area contributed by atoms with Crippen LogP contribution in [0.3, 0.4) is 0 Å². The van der Waals surface area contributed by atoms with Crippen molar-refractivity contribution in [2.45, 2.75) is 13.2 Å². The SMILES string of the molecule is CN(C)C(=O)NCc1cc(=O)[nH]c(COc2cccc(F)c2)n1. The minimum absolute atomic E-state index is 0.0197. The summed E-state index contributed by atoms with van der Waals surface area (Å²) in [4.78, 5) is 31.2. The molecule has 0 atom stereocenters. The number of H-pyrrole nitrogens is 1. The van der Waals surface area contributed by atoms with Gasteiger partial charge in [0, 0.05) is 26.2 Å². The molecule has 0 aliphatic heterocycles. The molecular formula is C15H17FN4O3. The lowest BCUT2D eigenvalue weighted by Crippen LogP contribution is -2.34. The number of carbonyl (C=O) groups excluding carboxylic acids is 1. The number of urea groups is 1. The molecule has 1 aromatic carbocycles. The lowest BCUT2D eigenvalue weighted by atomic mass is 10.3. The highest BCUT2D eigenvalue weighted by Gasteiger charge is 2.06. The van der Waals surface area contributed by atoms with Gasteiger partial charge in [-0.2, -0.15) is 0 Å². The van der Waals surface area contributed by atoms with Crippen molar-refractivity contribution in [2.75, 3.05) is 14.1 Å². The molecule has 0 spiro atoms. The van der Waals surface area contributed by atoms with E-state index in [1.54, 1.807) is 20.2 Å². The van der Waals surface area contributed by atoms with Crippen LogP contribution in [0.4, 0.5) is 9.18 Å². The zero-order valence-electron chi connectivity index (χ0n) is 12.8. The van der Waals surface area contributed by atoms with Crippen LogP contribution in [0.15, 0.2) is 35.1 Å². The van der Waals surface area contributed by atoms with Gasteiger partial charge in [-0.3, -0.25) is 4.79 Å². The number of hydrogen-bond donors (Lipinski definition) is 2. The van der Waals surface area contributed by atoms with Crippen LogP contribution in [-0.2, 0) is 13.2 Å². The molecule has 2 N–H and O–H groups in total. The Hall–Kier alpha value is -2.90. The Kier molecular flexibility index (Phi) is 5.29. The lowest BCUT2D eigenvalue weighted by molar-refractivity contribution is 0.217. The standard InChI is InChI=1S/C15H17FN4O3/c1-20(2)15(22)17-8-11-7-14(21)19-13(18-11)9-23-12-5-3-4-10(16)6-12/h3-7H,8-9H2,1-2H3,(H,17,22)(H,18,19,21). The molecule has 0 aliphatic rings. The van der Waals surface area contributed by atoms with Gasteiger partial charge in [-0.05, 0) is 12.1 Å². The summed E-state index contributed by atoms with van der Waals surface area (Å²) in [7, 11) is 3.22. The number of amides is 2. The number of halogens is 1. The predicted molar refractivity (Wildman–Crippen MR) is 81.5 cm³/mol. The Bertz CT molecular complexity index is 745. The fraction of sp³-hybridized carbons (Fsp3) is 0.267. The van der Waals surface area contributed by atoms with Crippen molar-refractivity contribution in [3.63, 3.8) is 0 Å². The number of nitrogens with one attached hydrogen (secondary N) is 2. The highest BCUT2D eigenvalue weighted by atomic mass is 19.1. The van der Waals surface area contributed by atoms with Crippen LogP contribution in [0, 0.1) is 5.82 Å². The number of aromatic amines is 1. The maximum absolute atomic E-state index is 13.1. The second kappa shape index (κ2) is 7.39. The van der Waals surface area contributed by atoms with Gasteiger partial charge in [0.05, 0.1) is 12.2 Å². The minimum atomic E-state index is -0.413. The molecule has 23 heavy (non-hydrogen) atoms. The first-order valence-electron chi connectivity index (χ1n) is 6.86. The molecule has 7 nitrogen and oxygen atoms in total. The van der Waals surface area contributed by atoms with Crippen molar-refractivity contribution in [1.82, 2.24) is 20.2 Å². The molecule has 2 rings (SSSR count). The zero-order valence-corrected chi connectivity index (χ0v) is 12.8. The van der Waals surface area contributed by atoms with Gasteiger partial charge in [-0.25, -0.2) is 14.2 Å². The van der Waals surface area contributed by atoms with Crippen LogP contribution in [-0.4, -0.2) is 35.0 Å². The van der Waals surface area contributed by atoms with Gasteiger partial charge in [-0.15, -0.1) is 0 Å². The van der Waals surface area contributed by atoms with E-state index < -0.39 is 5.82 Å². The van der Waals surface area contributed by atoms with Crippen molar-refractivity contribution in [1.29, 1.82) is 0 Å². The fourth-order valence-electron chi connectivity index (χ4n) is 1.75. The van der Waals surface area contributed by atoms with Crippen molar-refractivity contribution >= 4 is 6.03 Å². The van der Waals surface area contributed by atoms with E-state index in [0.29, 0.717) is 11.4 Å². The fourth-order valence-corrected chi connectivity index (χ4v) is 1.75. The number of aromatic nitrogens is 2. The number of nitrogens with zero attached hydrogens (tertiary/aromatic N) is 2. The molecule has 2 aromatic rings. The lowest BCUT2D eigenvalue weighted by Gasteiger charge is -2.12. The molecular weight excluding hydrogens is 303 g/mol. The number of benzene rings is 1. The van der Waals surface area contributed by atoms with Crippen LogP contribution in [0.1, 0.15) is 11.5 Å². The average molecular weight is 320 g/mol. The third-order valence-electron chi connectivity index (χ3n) is 2.84. The Balaban J connectivity index is 2.02. The van der Waals surface area contributed by atoms with Crippen LogP contribution >= 0.6 is 0 Å². The molecule has 0 aliphatic carbocycles. The first kappa shape index (κ1) is 16.5.